The van der Waals surface area contributed by atoms with E-state index in [2.05, 4.69) is 24.0 Å². The van der Waals surface area contributed by atoms with Crippen LogP contribution in [-0.2, 0) is 4.79 Å². The summed E-state index contributed by atoms with van der Waals surface area (Å²) >= 11 is 0. The number of hydrogen-bond donors (Lipinski definition) is 0. The van der Waals surface area contributed by atoms with Gasteiger partial charge in [-0.25, -0.2) is 0 Å². The van der Waals surface area contributed by atoms with Gasteiger partial charge >= 0.3 is 0 Å². The largest absolute Gasteiger partial charge is 0.299 e. The summed E-state index contributed by atoms with van der Waals surface area (Å²) in [4.78, 5) is 13.0. The summed E-state index contributed by atoms with van der Waals surface area (Å²) in [6.07, 6.45) is 0. The molecule has 1 atom stereocenters. The van der Waals surface area contributed by atoms with Gasteiger partial charge in [-0.15, -0.1) is 0 Å². The van der Waals surface area contributed by atoms with Crippen molar-refractivity contribution in [1.29, 1.82) is 0 Å². The first-order valence-electron chi connectivity index (χ1n) is 4.86. The third-order valence-corrected chi connectivity index (χ3v) is 2.42. The summed E-state index contributed by atoms with van der Waals surface area (Å²) in [7, 11) is 1.97. The molecule has 0 spiro atoms. The average Bonchev–Trinajstić information content (AvgIpc) is 2.17. The zero-order chi connectivity index (χ0) is 10.6. The maximum absolute atomic E-state index is 10.9. The third kappa shape index (κ3) is 2.96. The Morgan fingerprint density at radius 2 is 1.93 bits per heavy atom. The molecule has 0 saturated heterocycles. The molecule has 2 heteroatoms. The third-order valence-electron chi connectivity index (χ3n) is 2.42. The second-order valence-corrected chi connectivity index (χ2v) is 3.70. The molecule has 1 aromatic carbocycles. The van der Waals surface area contributed by atoms with Gasteiger partial charge in [0.15, 0.2) is 0 Å². The summed E-state index contributed by atoms with van der Waals surface area (Å²) in [6, 6.07) is 10.5. The molecule has 0 unspecified atom stereocenters. The summed E-state index contributed by atoms with van der Waals surface area (Å²) in [5.74, 6) is 0.204. The predicted molar refractivity (Wildman–Crippen MR) is 58.2 cm³/mol. The second-order valence-electron chi connectivity index (χ2n) is 3.70. The minimum Gasteiger partial charge on any atom is -0.299 e. The fourth-order valence-corrected chi connectivity index (χ4v) is 1.47. The quantitative estimate of drug-likeness (QED) is 0.727. The number of hydrogen-bond acceptors (Lipinski definition) is 2. The van der Waals surface area contributed by atoms with Crippen molar-refractivity contribution in [3.63, 3.8) is 0 Å². The number of ketones is 1. The number of Topliss-reactive ketones (excluding diaryl/α,β-unsaturated/α-hetero) is 1. The zero-order valence-corrected chi connectivity index (χ0v) is 9.03. The second kappa shape index (κ2) is 4.91. The van der Waals surface area contributed by atoms with Gasteiger partial charge in [0.25, 0.3) is 0 Å². The van der Waals surface area contributed by atoms with Crippen LogP contribution in [0.3, 0.4) is 0 Å². The van der Waals surface area contributed by atoms with Gasteiger partial charge in [-0.3, -0.25) is 9.69 Å². The molecule has 0 fully saturated rings. The fraction of sp³-hybridized carbons (Fsp3) is 0.417. The molecule has 0 aliphatic carbocycles. The Kier molecular flexibility index (Phi) is 3.84. The molecule has 0 bridgehead atoms. The number of rotatable bonds is 4. The van der Waals surface area contributed by atoms with Crippen LogP contribution in [0.25, 0.3) is 0 Å². The lowest BCUT2D eigenvalue weighted by molar-refractivity contribution is -0.118. The molecule has 0 aliphatic heterocycles. The van der Waals surface area contributed by atoms with Crippen molar-refractivity contribution in [2.75, 3.05) is 13.6 Å². The van der Waals surface area contributed by atoms with Crippen molar-refractivity contribution >= 4 is 5.78 Å². The molecule has 0 saturated carbocycles. The van der Waals surface area contributed by atoms with Crippen LogP contribution in [-0.4, -0.2) is 24.3 Å². The van der Waals surface area contributed by atoms with Crippen LogP contribution < -0.4 is 0 Å². The van der Waals surface area contributed by atoms with Crippen LogP contribution in [0.5, 0.6) is 0 Å². The van der Waals surface area contributed by atoms with Gasteiger partial charge in [0.2, 0.25) is 0 Å². The summed E-state index contributed by atoms with van der Waals surface area (Å²) in [5, 5.41) is 0. The number of carbonyl (C=O) groups is 1. The number of likely N-dealkylation sites (N-methyl/N-ethyl adjacent to an activating group) is 1. The van der Waals surface area contributed by atoms with E-state index in [1.54, 1.807) is 6.92 Å². The highest BCUT2D eigenvalue weighted by molar-refractivity contribution is 5.77. The maximum atomic E-state index is 10.9. The highest BCUT2D eigenvalue weighted by Gasteiger charge is 2.11. The Morgan fingerprint density at radius 3 is 2.43 bits per heavy atom. The molecule has 1 aromatic rings. The first-order chi connectivity index (χ1) is 6.61. The fourth-order valence-electron chi connectivity index (χ4n) is 1.47. The standard InChI is InChI=1S/C12H17NO/c1-10(14)9-13(3)11(2)12-7-5-4-6-8-12/h4-8,11H,9H2,1-3H3/t11-/m0/s1. The molecule has 1 rings (SSSR count). The van der Waals surface area contributed by atoms with Crippen molar-refractivity contribution in [2.24, 2.45) is 0 Å². The lowest BCUT2D eigenvalue weighted by Gasteiger charge is -2.23. The van der Waals surface area contributed by atoms with Gasteiger partial charge < -0.3 is 0 Å². The highest BCUT2D eigenvalue weighted by Crippen LogP contribution is 2.17. The number of nitrogens with zero attached hydrogens (tertiary/aromatic N) is 1. The lowest BCUT2D eigenvalue weighted by atomic mass is 10.1. The molecule has 0 heterocycles. The Balaban J connectivity index is 2.65. The SMILES string of the molecule is CC(=O)CN(C)[C@@H](C)c1ccccc1. The van der Waals surface area contributed by atoms with Gasteiger partial charge in [0.05, 0.1) is 6.54 Å². The topological polar surface area (TPSA) is 20.3 Å². The minimum atomic E-state index is 0.204. The van der Waals surface area contributed by atoms with E-state index in [9.17, 15) is 4.79 Å². The van der Waals surface area contributed by atoms with E-state index in [4.69, 9.17) is 0 Å². The molecule has 0 radical (unpaired) electrons. The molecular weight excluding hydrogens is 174 g/mol. The summed E-state index contributed by atoms with van der Waals surface area (Å²) in [6.45, 7) is 4.24. The lowest BCUT2D eigenvalue weighted by Crippen LogP contribution is -2.27. The van der Waals surface area contributed by atoms with Crippen LogP contribution in [0.4, 0.5) is 0 Å². The Labute approximate surface area is 85.5 Å². The Hall–Kier alpha value is -1.15. The molecule has 76 valence electrons. The first-order valence-corrected chi connectivity index (χ1v) is 4.86. The monoisotopic (exact) mass is 191 g/mol. The van der Waals surface area contributed by atoms with Crippen LogP contribution in [0, 0.1) is 0 Å². The van der Waals surface area contributed by atoms with Crippen molar-refractivity contribution in [3.8, 4) is 0 Å². The molecule has 2 nitrogen and oxygen atoms in total. The van der Waals surface area contributed by atoms with E-state index >= 15 is 0 Å². The normalized spacial score (nSPS) is 12.9. The van der Waals surface area contributed by atoms with Crippen molar-refractivity contribution < 1.29 is 4.79 Å². The van der Waals surface area contributed by atoms with Crippen molar-refractivity contribution in [2.45, 2.75) is 19.9 Å². The molecule has 0 amide bonds. The van der Waals surface area contributed by atoms with Crippen LogP contribution >= 0.6 is 0 Å². The van der Waals surface area contributed by atoms with Crippen molar-refractivity contribution in [1.82, 2.24) is 4.90 Å². The zero-order valence-electron chi connectivity index (χ0n) is 9.03. The molecule has 0 aromatic heterocycles. The number of benzene rings is 1. The van der Waals surface area contributed by atoms with Gasteiger partial charge in [0, 0.05) is 6.04 Å². The van der Waals surface area contributed by atoms with Gasteiger partial charge in [-0.2, -0.15) is 0 Å². The van der Waals surface area contributed by atoms with Crippen molar-refractivity contribution in [3.05, 3.63) is 35.9 Å². The predicted octanol–water partition coefficient (Wildman–Crippen LogP) is 2.27. The van der Waals surface area contributed by atoms with E-state index < -0.39 is 0 Å². The van der Waals surface area contributed by atoms with E-state index in [1.165, 1.54) is 5.56 Å². The van der Waals surface area contributed by atoms with E-state index in [1.807, 2.05) is 25.2 Å². The van der Waals surface area contributed by atoms with E-state index in [-0.39, 0.29) is 5.78 Å². The molecule has 0 aliphatic rings. The van der Waals surface area contributed by atoms with Crippen LogP contribution in [0.15, 0.2) is 30.3 Å². The van der Waals surface area contributed by atoms with Crippen LogP contribution in [0.1, 0.15) is 25.5 Å². The smallest absolute Gasteiger partial charge is 0.143 e. The average molecular weight is 191 g/mol. The summed E-state index contributed by atoms with van der Waals surface area (Å²) in [5.41, 5.74) is 1.25. The van der Waals surface area contributed by atoms with E-state index in [0.717, 1.165) is 0 Å². The van der Waals surface area contributed by atoms with E-state index in [0.29, 0.717) is 12.6 Å². The van der Waals surface area contributed by atoms with Gasteiger partial charge in [-0.05, 0) is 26.5 Å². The highest BCUT2D eigenvalue weighted by atomic mass is 16.1. The minimum absolute atomic E-state index is 0.204. The summed E-state index contributed by atoms with van der Waals surface area (Å²) < 4.78 is 0. The molecule has 14 heavy (non-hydrogen) atoms. The van der Waals surface area contributed by atoms with Crippen LogP contribution in [0.2, 0.25) is 0 Å². The number of carbonyl (C=O) groups excluding carboxylic acids is 1. The molecular formula is C12H17NO. The maximum Gasteiger partial charge on any atom is 0.143 e. The van der Waals surface area contributed by atoms with Gasteiger partial charge in [-0.1, -0.05) is 30.3 Å². The molecule has 0 N–H and O–H groups in total. The Morgan fingerprint density at radius 1 is 1.36 bits per heavy atom. The first kappa shape index (κ1) is 10.9. The van der Waals surface area contributed by atoms with Gasteiger partial charge in [0.1, 0.15) is 5.78 Å². The Bertz CT molecular complexity index is 294.